The molecule has 1 aliphatic heterocycles. The van der Waals surface area contributed by atoms with Gasteiger partial charge in [0.15, 0.2) is 18.1 Å². The maximum Gasteiger partial charge on any atom is 0.344 e. The van der Waals surface area contributed by atoms with E-state index in [0.29, 0.717) is 44.2 Å². The summed E-state index contributed by atoms with van der Waals surface area (Å²) < 4.78 is 19.9. The number of rotatable bonds is 13. The normalized spacial score (nSPS) is 12.9. The first kappa shape index (κ1) is 30.1. The molecule has 0 bridgehead atoms. The lowest BCUT2D eigenvalue weighted by molar-refractivity contribution is -0.143. The number of hydrogen-bond donors (Lipinski definition) is 1. The molecule has 1 fully saturated rings. The molecule has 1 heterocycles. The zero-order valence-electron chi connectivity index (χ0n) is 21.7. The van der Waals surface area contributed by atoms with Crippen LogP contribution in [0, 0.1) is 11.8 Å². The minimum Gasteiger partial charge on any atom is -0.468 e. The van der Waals surface area contributed by atoms with Gasteiger partial charge in [0.05, 0.1) is 7.11 Å². The van der Waals surface area contributed by atoms with Crippen molar-refractivity contribution in [2.24, 2.45) is 11.8 Å². The van der Waals surface area contributed by atoms with Gasteiger partial charge in [-0.2, -0.15) is 0 Å². The predicted molar refractivity (Wildman–Crippen MR) is 130 cm³/mol. The van der Waals surface area contributed by atoms with Crippen LogP contribution in [0.25, 0.3) is 0 Å². The molecule has 196 valence electrons. The summed E-state index contributed by atoms with van der Waals surface area (Å²) >= 11 is 0. The van der Waals surface area contributed by atoms with Gasteiger partial charge >= 0.3 is 23.9 Å². The lowest BCUT2D eigenvalue weighted by Crippen LogP contribution is -2.39. The van der Waals surface area contributed by atoms with Crippen LogP contribution in [0.5, 0.6) is 11.5 Å². The van der Waals surface area contributed by atoms with Gasteiger partial charge in [-0.3, -0.25) is 14.4 Å². The van der Waals surface area contributed by atoms with Crippen LogP contribution in [-0.2, 0) is 35.1 Å². The van der Waals surface area contributed by atoms with Gasteiger partial charge in [-0.15, -0.1) is 0 Å². The number of likely N-dealkylation sites (N-methyl/N-ethyl adjacent to an activating group) is 1. The second-order valence-corrected chi connectivity index (χ2v) is 9.09. The fraction of sp³-hybridized carbons (Fsp3) is 0.615. The monoisotopic (exact) mass is 493 g/mol. The minimum atomic E-state index is -0.529. The Bertz CT molecular complexity index is 844. The van der Waals surface area contributed by atoms with Crippen molar-refractivity contribution in [1.29, 1.82) is 0 Å². The standard InChI is InChI=1S/C24H37NO6.C2H2O2/c1-7-25-19(24(28)29-6)14-18-10-11-20(30-22(26)12-8-16(2)3)21(15-18)31-23(27)13-9-17(4)5;3-2-1-4-2/h10-11,15-17,19,25H,7-9,12-14H2,1-6H3;1H2/t19-;/m0./s1. The Morgan fingerprint density at radius 3 is 1.91 bits per heavy atom. The third-order valence-electron chi connectivity index (χ3n) is 4.95. The van der Waals surface area contributed by atoms with Crippen molar-refractivity contribution in [1.82, 2.24) is 5.32 Å². The summed E-state index contributed by atoms with van der Waals surface area (Å²) in [5.74, 6) is -0.0838. The molecule has 0 saturated carbocycles. The van der Waals surface area contributed by atoms with Gasteiger partial charge in [0, 0.05) is 12.8 Å². The molecule has 0 unspecified atom stereocenters. The van der Waals surface area contributed by atoms with Crippen LogP contribution in [0.1, 0.15) is 65.9 Å². The van der Waals surface area contributed by atoms with Crippen molar-refractivity contribution in [2.75, 3.05) is 20.3 Å². The molecular weight excluding hydrogens is 454 g/mol. The summed E-state index contributed by atoms with van der Waals surface area (Å²) in [7, 11) is 1.34. The Labute approximate surface area is 207 Å². The third-order valence-corrected chi connectivity index (χ3v) is 4.95. The van der Waals surface area contributed by atoms with E-state index in [2.05, 4.69) is 10.1 Å². The SMILES string of the molecule is CCN[C@@H](Cc1ccc(OC(=O)CCC(C)C)c(OC(=O)CCC(C)C)c1)C(=O)OC.O=C1CO1. The molecule has 0 amide bonds. The van der Waals surface area contributed by atoms with Gasteiger partial charge in [-0.25, -0.2) is 4.79 Å². The highest BCUT2D eigenvalue weighted by atomic mass is 16.6. The number of esters is 3. The largest absolute Gasteiger partial charge is 0.468 e. The highest BCUT2D eigenvalue weighted by Crippen LogP contribution is 2.30. The number of epoxide rings is 1. The van der Waals surface area contributed by atoms with Gasteiger partial charge in [0.25, 0.3) is 0 Å². The summed E-state index contributed by atoms with van der Waals surface area (Å²) in [6.45, 7) is 11.0. The van der Waals surface area contributed by atoms with E-state index in [-0.39, 0.29) is 48.2 Å². The number of methoxy groups -OCH3 is 1. The molecule has 35 heavy (non-hydrogen) atoms. The van der Waals surface area contributed by atoms with Crippen molar-refractivity contribution < 1.29 is 38.1 Å². The summed E-state index contributed by atoms with van der Waals surface area (Å²) in [5, 5.41) is 3.08. The zero-order valence-corrected chi connectivity index (χ0v) is 21.7. The summed E-state index contributed by atoms with van der Waals surface area (Å²) in [6, 6.07) is 4.47. The quantitative estimate of drug-likeness (QED) is 0.249. The number of benzene rings is 1. The number of carbonyl (C=O) groups excluding carboxylic acids is 4. The van der Waals surface area contributed by atoms with Crippen LogP contribution in [0.4, 0.5) is 0 Å². The van der Waals surface area contributed by atoms with Crippen molar-refractivity contribution in [2.45, 2.75) is 72.8 Å². The fourth-order valence-corrected chi connectivity index (χ4v) is 2.90. The molecule has 1 aliphatic rings. The van der Waals surface area contributed by atoms with Gasteiger partial charge in [-0.1, -0.05) is 40.7 Å². The van der Waals surface area contributed by atoms with E-state index in [1.54, 1.807) is 18.2 Å². The molecular formula is C26H39NO8. The highest BCUT2D eigenvalue weighted by molar-refractivity contribution is 5.82. The minimum absolute atomic E-state index is 0.0833. The molecule has 9 heteroatoms. The first-order valence-electron chi connectivity index (χ1n) is 12.1. The van der Waals surface area contributed by atoms with E-state index in [1.165, 1.54) is 7.11 Å². The third kappa shape index (κ3) is 13.5. The fourth-order valence-electron chi connectivity index (χ4n) is 2.90. The molecule has 2 rings (SSSR count). The van der Waals surface area contributed by atoms with Gasteiger partial charge in [0.1, 0.15) is 6.04 Å². The first-order chi connectivity index (χ1) is 16.5. The van der Waals surface area contributed by atoms with Crippen molar-refractivity contribution in [3.63, 3.8) is 0 Å². The maximum atomic E-state index is 12.3. The average molecular weight is 494 g/mol. The molecule has 1 aromatic carbocycles. The summed E-state index contributed by atoms with van der Waals surface area (Å²) in [4.78, 5) is 45.9. The van der Waals surface area contributed by atoms with E-state index in [0.717, 1.165) is 5.56 Å². The zero-order chi connectivity index (χ0) is 26.4. The molecule has 9 nitrogen and oxygen atoms in total. The number of carbonyl (C=O) groups is 4. The van der Waals surface area contributed by atoms with Crippen LogP contribution < -0.4 is 14.8 Å². The van der Waals surface area contributed by atoms with E-state index >= 15 is 0 Å². The number of hydrogen-bond acceptors (Lipinski definition) is 9. The number of nitrogens with one attached hydrogen (secondary N) is 1. The van der Waals surface area contributed by atoms with Crippen LogP contribution in [0.2, 0.25) is 0 Å². The van der Waals surface area contributed by atoms with Crippen LogP contribution in [0.15, 0.2) is 18.2 Å². The van der Waals surface area contributed by atoms with Crippen molar-refractivity contribution in [3.05, 3.63) is 23.8 Å². The van der Waals surface area contributed by atoms with E-state index in [9.17, 15) is 19.2 Å². The molecule has 1 saturated heterocycles. The lowest BCUT2D eigenvalue weighted by Gasteiger charge is -2.17. The maximum absolute atomic E-state index is 12.3. The van der Waals surface area contributed by atoms with Crippen molar-refractivity contribution in [3.8, 4) is 11.5 Å². The number of ether oxygens (including phenoxy) is 4. The Balaban J connectivity index is 0.00000138. The number of cyclic esters (lactones) is 1. The molecule has 1 aromatic rings. The summed E-state index contributed by atoms with van der Waals surface area (Å²) in [5.41, 5.74) is 0.755. The van der Waals surface area contributed by atoms with Gasteiger partial charge < -0.3 is 24.3 Å². The van der Waals surface area contributed by atoms with Crippen LogP contribution in [0.3, 0.4) is 0 Å². The Morgan fingerprint density at radius 1 is 0.971 bits per heavy atom. The Hall–Kier alpha value is -2.94. The van der Waals surface area contributed by atoms with E-state index in [4.69, 9.17) is 14.2 Å². The molecule has 0 spiro atoms. The second kappa shape index (κ2) is 15.9. The highest BCUT2D eigenvalue weighted by Gasteiger charge is 2.21. The molecule has 0 aliphatic carbocycles. The lowest BCUT2D eigenvalue weighted by atomic mass is 10.0. The smallest absolute Gasteiger partial charge is 0.344 e. The van der Waals surface area contributed by atoms with Crippen molar-refractivity contribution >= 4 is 23.9 Å². The van der Waals surface area contributed by atoms with E-state index < -0.39 is 6.04 Å². The first-order valence-corrected chi connectivity index (χ1v) is 12.1. The average Bonchev–Trinajstić information content (AvgIpc) is 3.59. The summed E-state index contributed by atoms with van der Waals surface area (Å²) in [6.07, 6.45) is 2.31. The molecule has 0 radical (unpaired) electrons. The molecule has 1 N–H and O–H groups in total. The van der Waals surface area contributed by atoms with E-state index in [1.807, 2.05) is 34.6 Å². The van der Waals surface area contributed by atoms with Crippen LogP contribution in [-0.4, -0.2) is 50.2 Å². The predicted octanol–water partition coefficient (Wildman–Crippen LogP) is 3.61. The van der Waals surface area contributed by atoms with Gasteiger partial charge in [-0.05, 0) is 55.3 Å². The Morgan fingerprint density at radius 2 is 1.49 bits per heavy atom. The Kier molecular flexibility index (Phi) is 13.6. The second-order valence-electron chi connectivity index (χ2n) is 9.09. The molecule has 0 aromatic heterocycles. The van der Waals surface area contributed by atoms with Crippen LogP contribution >= 0.6 is 0 Å². The topological polar surface area (TPSA) is 121 Å². The molecule has 1 atom stereocenters. The van der Waals surface area contributed by atoms with Gasteiger partial charge in [0.2, 0.25) is 0 Å².